The number of halogens is 1. The van der Waals surface area contributed by atoms with E-state index < -0.39 is 0 Å². The molecule has 2 heterocycles. The maximum atomic E-state index is 6.03. The molecule has 0 unspecified atom stereocenters. The van der Waals surface area contributed by atoms with E-state index in [1.54, 1.807) is 4.68 Å². The van der Waals surface area contributed by atoms with Gasteiger partial charge in [0.1, 0.15) is 0 Å². The molecule has 7 heteroatoms. The van der Waals surface area contributed by atoms with Crippen LogP contribution in [-0.4, -0.2) is 25.7 Å². The molecule has 0 radical (unpaired) electrons. The lowest BCUT2D eigenvalue weighted by atomic mass is 10.1. The number of aryl methyl sites for hydroxylation is 1. The Balaban J connectivity index is 1.80. The number of fused-ring (bicyclic) bond motifs is 1. The number of nitrogens with zero attached hydrogens (tertiary/aromatic N) is 4. The Morgan fingerprint density at radius 3 is 2.68 bits per heavy atom. The van der Waals surface area contributed by atoms with Crippen LogP contribution in [0.25, 0.3) is 10.9 Å². The zero-order valence-electron chi connectivity index (χ0n) is 15.7. The lowest BCUT2D eigenvalue weighted by Gasteiger charge is -2.09. The lowest BCUT2D eigenvalue weighted by Crippen LogP contribution is -2.02. The Hall–Kier alpha value is -2.70. The van der Waals surface area contributed by atoms with E-state index >= 15 is 0 Å². The smallest absolute Gasteiger partial charge is 0.216 e. The van der Waals surface area contributed by atoms with Gasteiger partial charge in [-0.1, -0.05) is 48.9 Å². The molecule has 0 bridgehead atoms. The summed E-state index contributed by atoms with van der Waals surface area (Å²) >= 11 is 11.3. The van der Waals surface area contributed by atoms with Gasteiger partial charge < -0.3 is 4.57 Å². The second-order valence-corrected chi connectivity index (χ2v) is 7.41. The Bertz CT molecular complexity index is 1210. The van der Waals surface area contributed by atoms with Crippen molar-refractivity contribution in [3.05, 3.63) is 81.0 Å². The molecule has 0 amide bonds. The summed E-state index contributed by atoms with van der Waals surface area (Å²) in [5.74, 6) is 0.809. The Kier molecular flexibility index (Phi) is 5.15. The number of aromatic nitrogens is 4. The van der Waals surface area contributed by atoms with Crippen molar-refractivity contribution < 1.29 is 0 Å². The third kappa shape index (κ3) is 3.41. The van der Waals surface area contributed by atoms with Gasteiger partial charge in [-0.05, 0) is 42.9 Å². The molecular formula is C21H20ClN5S. The van der Waals surface area contributed by atoms with Crippen LogP contribution in [0.2, 0.25) is 5.02 Å². The summed E-state index contributed by atoms with van der Waals surface area (Å²) < 4.78 is 4.48. The van der Waals surface area contributed by atoms with Crippen LogP contribution in [0.15, 0.2) is 53.6 Å². The van der Waals surface area contributed by atoms with Gasteiger partial charge in [-0.2, -0.15) is 14.9 Å². The average Bonchev–Trinajstić information content (AvgIpc) is 3.19. The molecule has 2 aromatic heterocycles. The van der Waals surface area contributed by atoms with E-state index in [1.165, 1.54) is 11.1 Å². The van der Waals surface area contributed by atoms with E-state index in [9.17, 15) is 0 Å². The van der Waals surface area contributed by atoms with Crippen LogP contribution in [0.4, 0.5) is 0 Å². The Labute approximate surface area is 173 Å². The van der Waals surface area contributed by atoms with Crippen molar-refractivity contribution in [1.29, 1.82) is 0 Å². The number of hydrogen-bond donors (Lipinski definition) is 1. The number of nitrogens with one attached hydrogen (secondary N) is 1. The van der Waals surface area contributed by atoms with Crippen molar-refractivity contribution in [1.82, 2.24) is 19.4 Å². The fourth-order valence-corrected chi connectivity index (χ4v) is 3.71. The van der Waals surface area contributed by atoms with Crippen LogP contribution >= 0.6 is 23.8 Å². The summed E-state index contributed by atoms with van der Waals surface area (Å²) in [7, 11) is 0. The predicted molar refractivity (Wildman–Crippen MR) is 117 cm³/mol. The predicted octanol–water partition coefficient (Wildman–Crippen LogP) is 5.35. The van der Waals surface area contributed by atoms with Gasteiger partial charge in [-0.15, -0.1) is 0 Å². The van der Waals surface area contributed by atoms with Crippen molar-refractivity contribution in [3.8, 4) is 0 Å². The highest BCUT2D eigenvalue weighted by Gasteiger charge is 2.13. The van der Waals surface area contributed by atoms with Crippen molar-refractivity contribution in [3.63, 3.8) is 0 Å². The van der Waals surface area contributed by atoms with E-state index in [0.717, 1.165) is 40.5 Å². The van der Waals surface area contributed by atoms with Gasteiger partial charge in [0, 0.05) is 40.1 Å². The Morgan fingerprint density at radius 1 is 1.18 bits per heavy atom. The van der Waals surface area contributed by atoms with Crippen LogP contribution in [-0.2, 0) is 13.0 Å². The molecule has 0 fully saturated rings. The highest BCUT2D eigenvalue weighted by atomic mass is 35.5. The van der Waals surface area contributed by atoms with Crippen LogP contribution in [0.3, 0.4) is 0 Å². The van der Waals surface area contributed by atoms with Gasteiger partial charge in [0.2, 0.25) is 4.77 Å². The summed E-state index contributed by atoms with van der Waals surface area (Å²) in [6.07, 6.45) is 2.63. The zero-order valence-corrected chi connectivity index (χ0v) is 17.3. The summed E-state index contributed by atoms with van der Waals surface area (Å²) in [5, 5.41) is 13.5. The van der Waals surface area contributed by atoms with Crippen molar-refractivity contribution in [2.45, 2.75) is 26.8 Å². The zero-order chi connectivity index (χ0) is 19.7. The van der Waals surface area contributed by atoms with Gasteiger partial charge >= 0.3 is 0 Å². The van der Waals surface area contributed by atoms with Crippen molar-refractivity contribution in [2.75, 3.05) is 0 Å². The van der Waals surface area contributed by atoms with Crippen LogP contribution in [0, 0.1) is 11.7 Å². The highest BCUT2D eigenvalue weighted by Crippen LogP contribution is 2.26. The van der Waals surface area contributed by atoms with Crippen LogP contribution in [0.1, 0.15) is 29.6 Å². The fourth-order valence-electron chi connectivity index (χ4n) is 3.38. The standard InChI is InChI=1S/C21H20ClN5S/c1-3-20-24-25-21(28)27(20)23-12-18-14(2)26(19-7-5-4-6-17(18)19)13-15-8-10-16(22)11-9-15/h4-12H,3,13H2,1-2H3,(H,25,28)/b23-12-. The first-order valence-corrected chi connectivity index (χ1v) is 9.90. The summed E-state index contributed by atoms with van der Waals surface area (Å²) in [4.78, 5) is 0. The topological polar surface area (TPSA) is 50.9 Å². The minimum atomic E-state index is 0.496. The maximum Gasteiger partial charge on any atom is 0.216 e. The van der Waals surface area contributed by atoms with E-state index in [0.29, 0.717) is 4.77 Å². The van der Waals surface area contributed by atoms with Crippen molar-refractivity contribution >= 4 is 40.9 Å². The molecule has 0 atom stereocenters. The molecule has 0 spiro atoms. The second kappa shape index (κ2) is 7.73. The van der Waals surface area contributed by atoms with Gasteiger partial charge in [-0.3, -0.25) is 5.10 Å². The van der Waals surface area contributed by atoms with Crippen LogP contribution in [0.5, 0.6) is 0 Å². The van der Waals surface area contributed by atoms with Gasteiger partial charge in [-0.25, -0.2) is 0 Å². The summed E-state index contributed by atoms with van der Waals surface area (Å²) in [6, 6.07) is 16.3. The number of hydrogen-bond acceptors (Lipinski definition) is 3. The molecule has 0 aliphatic rings. The molecule has 0 aliphatic heterocycles. The number of para-hydroxylation sites is 1. The monoisotopic (exact) mass is 409 g/mol. The number of rotatable bonds is 5. The fraction of sp³-hybridized carbons (Fsp3) is 0.190. The van der Waals surface area contributed by atoms with E-state index in [-0.39, 0.29) is 0 Å². The summed E-state index contributed by atoms with van der Waals surface area (Å²) in [6.45, 7) is 4.91. The van der Waals surface area contributed by atoms with Gasteiger partial charge in [0.15, 0.2) is 5.82 Å². The average molecular weight is 410 g/mol. The van der Waals surface area contributed by atoms with E-state index in [4.69, 9.17) is 23.8 Å². The minimum Gasteiger partial charge on any atom is -0.340 e. The largest absolute Gasteiger partial charge is 0.340 e. The SMILES string of the molecule is CCc1n[nH]c(=S)n1/N=C\c1c(C)n(Cc2ccc(Cl)cc2)c2ccccc12. The van der Waals surface area contributed by atoms with Gasteiger partial charge in [0.25, 0.3) is 0 Å². The molecule has 1 N–H and O–H groups in total. The lowest BCUT2D eigenvalue weighted by molar-refractivity contribution is 0.779. The normalized spacial score (nSPS) is 11.7. The molecule has 0 saturated heterocycles. The first-order valence-electron chi connectivity index (χ1n) is 9.11. The quantitative estimate of drug-likeness (QED) is 0.357. The summed E-state index contributed by atoms with van der Waals surface area (Å²) in [5.41, 5.74) is 4.59. The molecular weight excluding hydrogens is 390 g/mol. The highest BCUT2D eigenvalue weighted by molar-refractivity contribution is 7.71. The first kappa shape index (κ1) is 18.7. The maximum absolute atomic E-state index is 6.03. The Morgan fingerprint density at radius 2 is 1.93 bits per heavy atom. The van der Waals surface area contributed by atoms with Gasteiger partial charge in [0.05, 0.1) is 6.21 Å². The molecule has 142 valence electrons. The number of H-pyrrole nitrogens is 1. The number of benzene rings is 2. The third-order valence-corrected chi connectivity index (χ3v) is 5.39. The molecule has 28 heavy (non-hydrogen) atoms. The molecule has 2 aromatic carbocycles. The van der Waals surface area contributed by atoms with Crippen molar-refractivity contribution in [2.24, 2.45) is 5.10 Å². The van der Waals surface area contributed by atoms with Crippen LogP contribution < -0.4 is 0 Å². The number of aromatic amines is 1. The van der Waals surface area contributed by atoms with E-state index in [2.05, 4.69) is 57.1 Å². The first-order chi connectivity index (χ1) is 13.6. The molecule has 0 aliphatic carbocycles. The van der Waals surface area contributed by atoms with E-state index in [1.807, 2.05) is 31.3 Å². The molecule has 4 rings (SSSR count). The second-order valence-electron chi connectivity index (χ2n) is 6.58. The minimum absolute atomic E-state index is 0.496. The molecule has 0 saturated carbocycles. The molecule has 4 aromatic rings. The third-order valence-electron chi connectivity index (χ3n) is 4.87. The molecule has 5 nitrogen and oxygen atoms in total.